The molecule has 0 radical (unpaired) electrons. The molecule has 1 aliphatic rings. The third kappa shape index (κ3) is 2.59. The van der Waals surface area contributed by atoms with Crippen LogP contribution in [0.25, 0.3) is 0 Å². The number of piperidine rings is 1. The molecule has 3 rings (SSSR count). The van der Waals surface area contributed by atoms with Crippen molar-refractivity contribution in [2.45, 2.75) is 18.8 Å². The third-order valence-corrected chi connectivity index (χ3v) is 3.90. The van der Waals surface area contributed by atoms with Gasteiger partial charge in [0.1, 0.15) is 5.69 Å². The summed E-state index contributed by atoms with van der Waals surface area (Å²) in [7, 11) is 1.88. The normalized spacial score (nSPS) is 19.1. The molecule has 4 nitrogen and oxygen atoms in total. The van der Waals surface area contributed by atoms with Crippen molar-refractivity contribution in [1.29, 1.82) is 0 Å². The first kappa shape index (κ1) is 12.9. The van der Waals surface area contributed by atoms with E-state index in [1.165, 1.54) is 5.56 Å². The highest BCUT2D eigenvalue weighted by atomic mass is 16.2. The van der Waals surface area contributed by atoms with Crippen molar-refractivity contribution < 1.29 is 4.79 Å². The van der Waals surface area contributed by atoms with Crippen LogP contribution in [0.4, 0.5) is 0 Å². The van der Waals surface area contributed by atoms with E-state index in [0.717, 1.165) is 25.9 Å². The van der Waals surface area contributed by atoms with E-state index < -0.39 is 0 Å². The van der Waals surface area contributed by atoms with E-state index in [4.69, 9.17) is 0 Å². The van der Waals surface area contributed by atoms with Gasteiger partial charge in [-0.1, -0.05) is 30.3 Å². The predicted octanol–water partition coefficient (Wildman–Crippen LogP) is 2.44. The van der Waals surface area contributed by atoms with Gasteiger partial charge in [0.15, 0.2) is 0 Å². The van der Waals surface area contributed by atoms with Gasteiger partial charge in [0.05, 0.1) is 6.33 Å². The van der Waals surface area contributed by atoms with E-state index in [9.17, 15) is 4.79 Å². The van der Waals surface area contributed by atoms with Crippen LogP contribution in [0.3, 0.4) is 0 Å². The second-order valence-corrected chi connectivity index (χ2v) is 5.43. The highest BCUT2D eigenvalue weighted by Gasteiger charge is 2.26. The molecule has 0 N–H and O–H groups in total. The molecule has 0 bridgehead atoms. The number of imidazole rings is 1. The van der Waals surface area contributed by atoms with Crippen LogP contribution >= 0.6 is 0 Å². The van der Waals surface area contributed by atoms with Gasteiger partial charge >= 0.3 is 0 Å². The van der Waals surface area contributed by atoms with Gasteiger partial charge in [-0.15, -0.1) is 0 Å². The van der Waals surface area contributed by atoms with Gasteiger partial charge in [-0.05, 0) is 18.4 Å². The minimum absolute atomic E-state index is 0.0474. The van der Waals surface area contributed by atoms with Gasteiger partial charge in [0.2, 0.25) is 0 Å². The lowest BCUT2D eigenvalue weighted by molar-refractivity contribution is 0.0701. The van der Waals surface area contributed by atoms with E-state index in [2.05, 4.69) is 29.2 Å². The molecule has 0 unspecified atom stereocenters. The zero-order valence-corrected chi connectivity index (χ0v) is 11.7. The molecule has 2 aromatic rings. The number of rotatable bonds is 2. The number of benzene rings is 1. The Balaban J connectivity index is 1.74. The first-order chi connectivity index (χ1) is 9.74. The van der Waals surface area contributed by atoms with Gasteiger partial charge in [-0.3, -0.25) is 4.79 Å². The fraction of sp³-hybridized carbons (Fsp3) is 0.375. The van der Waals surface area contributed by atoms with Gasteiger partial charge in [-0.25, -0.2) is 4.98 Å². The molecule has 0 saturated carbocycles. The minimum Gasteiger partial charge on any atom is -0.340 e. The highest BCUT2D eigenvalue weighted by molar-refractivity contribution is 5.92. The molecule has 1 atom stereocenters. The fourth-order valence-electron chi connectivity index (χ4n) is 2.84. The van der Waals surface area contributed by atoms with Crippen LogP contribution in [0.1, 0.15) is 34.8 Å². The van der Waals surface area contributed by atoms with Crippen molar-refractivity contribution in [3.8, 4) is 0 Å². The van der Waals surface area contributed by atoms with Crippen molar-refractivity contribution in [3.63, 3.8) is 0 Å². The maximum Gasteiger partial charge on any atom is 0.274 e. The molecule has 4 heteroatoms. The van der Waals surface area contributed by atoms with Gasteiger partial charge < -0.3 is 9.47 Å². The number of carbonyl (C=O) groups excluding carboxylic acids is 1. The molecule has 1 amide bonds. The van der Waals surface area contributed by atoms with Crippen LogP contribution in [-0.4, -0.2) is 33.4 Å². The molecular formula is C16H19N3O. The lowest BCUT2D eigenvalue weighted by Crippen LogP contribution is -2.39. The summed E-state index contributed by atoms with van der Waals surface area (Å²) in [6.07, 6.45) is 5.66. The average Bonchev–Trinajstić information content (AvgIpc) is 2.94. The molecule has 20 heavy (non-hydrogen) atoms. The summed E-state index contributed by atoms with van der Waals surface area (Å²) in [4.78, 5) is 18.5. The monoisotopic (exact) mass is 269 g/mol. The van der Waals surface area contributed by atoms with Crippen LogP contribution in [0.5, 0.6) is 0 Å². The second-order valence-electron chi connectivity index (χ2n) is 5.43. The Hall–Kier alpha value is -2.10. The van der Waals surface area contributed by atoms with E-state index in [1.807, 2.05) is 22.6 Å². The largest absolute Gasteiger partial charge is 0.340 e. The minimum atomic E-state index is 0.0474. The number of aromatic nitrogens is 2. The lowest BCUT2D eigenvalue weighted by Gasteiger charge is -2.32. The van der Waals surface area contributed by atoms with Gasteiger partial charge in [0, 0.05) is 32.3 Å². The molecule has 104 valence electrons. The summed E-state index contributed by atoms with van der Waals surface area (Å²) in [5.41, 5.74) is 1.87. The average molecular weight is 269 g/mol. The quantitative estimate of drug-likeness (QED) is 0.840. The molecule has 1 aromatic carbocycles. The van der Waals surface area contributed by atoms with E-state index >= 15 is 0 Å². The van der Waals surface area contributed by atoms with Crippen molar-refractivity contribution in [2.24, 2.45) is 7.05 Å². The van der Waals surface area contributed by atoms with E-state index in [0.29, 0.717) is 11.6 Å². The van der Waals surface area contributed by atoms with Gasteiger partial charge in [0.25, 0.3) is 5.91 Å². The molecule has 0 aliphatic carbocycles. The standard InChI is InChI=1S/C16H19N3O/c1-18-11-15(17-12-18)16(20)19-9-5-8-14(10-19)13-6-3-2-4-7-13/h2-4,6-7,11-12,14H,5,8-10H2,1H3/t14-/m0/s1. The molecule has 1 saturated heterocycles. The van der Waals surface area contributed by atoms with Crippen LogP contribution in [-0.2, 0) is 7.05 Å². The Morgan fingerprint density at radius 1 is 1.30 bits per heavy atom. The van der Waals surface area contributed by atoms with Crippen molar-refractivity contribution in [3.05, 3.63) is 54.1 Å². The summed E-state index contributed by atoms with van der Waals surface area (Å²) in [6, 6.07) is 10.5. The van der Waals surface area contributed by atoms with Gasteiger partial charge in [-0.2, -0.15) is 0 Å². The Bertz CT molecular complexity index is 591. The zero-order valence-electron chi connectivity index (χ0n) is 11.7. The molecule has 0 spiro atoms. The third-order valence-electron chi connectivity index (χ3n) is 3.90. The van der Waals surface area contributed by atoms with E-state index in [1.54, 1.807) is 12.5 Å². The molecular weight excluding hydrogens is 250 g/mol. The highest BCUT2D eigenvalue weighted by Crippen LogP contribution is 2.27. The number of carbonyl (C=O) groups is 1. The van der Waals surface area contributed by atoms with Crippen LogP contribution in [0.15, 0.2) is 42.9 Å². The zero-order chi connectivity index (χ0) is 13.9. The number of amides is 1. The second kappa shape index (κ2) is 5.49. The Labute approximate surface area is 119 Å². The smallest absolute Gasteiger partial charge is 0.274 e. The van der Waals surface area contributed by atoms with Crippen molar-refractivity contribution in [1.82, 2.24) is 14.5 Å². The first-order valence-electron chi connectivity index (χ1n) is 7.06. The summed E-state index contributed by atoms with van der Waals surface area (Å²) in [6.45, 7) is 1.62. The first-order valence-corrected chi connectivity index (χ1v) is 7.06. The summed E-state index contributed by atoms with van der Waals surface area (Å²) in [5, 5.41) is 0. The number of hydrogen-bond acceptors (Lipinski definition) is 2. The lowest BCUT2D eigenvalue weighted by atomic mass is 9.90. The van der Waals surface area contributed by atoms with Crippen LogP contribution < -0.4 is 0 Å². The Morgan fingerprint density at radius 3 is 2.80 bits per heavy atom. The predicted molar refractivity (Wildman–Crippen MR) is 77.5 cm³/mol. The maximum absolute atomic E-state index is 12.4. The fourth-order valence-corrected chi connectivity index (χ4v) is 2.84. The van der Waals surface area contributed by atoms with Crippen LogP contribution in [0, 0.1) is 0 Å². The van der Waals surface area contributed by atoms with Crippen molar-refractivity contribution >= 4 is 5.91 Å². The SMILES string of the molecule is Cn1cnc(C(=O)N2CCC[C@H](c3ccccc3)C2)c1. The summed E-state index contributed by atoms with van der Waals surface area (Å²) >= 11 is 0. The number of nitrogens with zero attached hydrogens (tertiary/aromatic N) is 3. The number of aryl methyl sites for hydroxylation is 1. The van der Waals surface area contributed by atoms with Crippen LogP contribution in [0.2, 0.25) is 0 Å². The molecule has 1 aliphatic heterocycles. The Kier molecular flexibility index (Phi) is 3.54. The molecule has 1 fully saturated rings. The number of hydrogen-bond donors (Lipinski definition) is 0. The summed E-state index contributed by atoms with van der Waals surface area (Å²) in [5.74, 6) is 0.490. The van der Waals surface area contributed by atoms with Crippen molar-refractivity contribution in [2.75, 3.05) is 13.1 Å². The topological polar surface area (TPSA) is 38.1 Å². The molecule has 1 aromatic heterocycles. The summed E-state index contributed by atoms with van der Waals surface area (Å²) < 4.78 is 1.81. The van der Waals surface area contributed by atoms with E-state index in [-0.39, 0.29) is 5.91 Å². The maximum atomic E-state index is 12.4. The molecule has 2 heterocycles. The number of likely N-dealkylation sites (tertiary alicyclic amines) is 1. The Morgan fingerprint density at radius 2 is 2.10 bits per heavy atom.